The monoisotopic (exact) mass is 369 g/mol. The Bertz CT molecular complexity index is 531. The molecule has 0 aliphatic rings. The van der Waals surface area contributed by atoms with Crippen LogP contribution in [0.15, 0.2) is 17.1 Å². The van der Waals surface area contributed by atoms with Crippen LogP contribution in [0.4, 0.5) is 8.78 Å². The predicted octanol–water partition coefficient (Wildman–Crippen LogP) is 3.30. The van der Waals surface area contributed by atoms with E-state index in [0.29, 0.717) is 36.2 Å². The van der Waals surface area contributed by atoms with Gasteiger partial charge in [-0.25, -0.2) is 4.99 Å². The molecule has 5 nitrogen and oxygen atoms in total. The van der Waals surface area contributed by atoms with Crippen LogP contribution in [0, 0.1) is 0 Å². The normalized spacial score (nSPS) is 11.7. The molecule has 1 rings (SSSR count). The van der Waals surface area contributed by atoms with Crippen molar-refractivity contribution in [3.63, 3.8) is 0 Å². The quantitative estimate of drug-likeness (QED) is 0.419. The number of hydrogen-bond donors (Lipinski definition) is 2. The number of nitrogens with one attached hydrogen (secondary N) is 2. The molecule has 0 fully saturated rings. The lowest BCUT2D eigenvalue weighted by atomic mass is 10.2. The molecule has 0 unspecified atom stereocenters. The van der Waals surface area contributed by atoms with E-state index in [9.17, 15) is 8.78 Å². The van der Waals surface area contributed by atoms with Gasteiger partial charge in [-0.3, -0.25) is 0 Å². The van der Waals surface area contributed by atoms with Crippen LogP contribution in [0.1, 0.15) is 12.5 Å². The minimum absolute atomic E-state index is 0.0142. The van der Waals surface area contributed by atoms with Gasteiger partial charge in [0.1, 0.15) is 5.75 Å². The summed E-state index contributed by atoms with van der Waals surface area (Å²) in [6.07, 6.45) is 0. The lowest BCUT2D eigenvalue weighted by molar-refractivity contribution is -0.0503. The number of aliphatic imine (C=N–C) groups is 1. The third-order valence-electron chi connectivity index (χ3n) is 2.64. The van der Waals surface area contributed by atoms with Crippen LogP contribution >= 0.6 is 23.2 Å². The van der Waals surface area contributed by atoms with E-state index >= 15 is 0 Å². The lowest BCUT2D eigenvalue weighted by Crippen LogP contribution is -2.38. The fraction of sp³-hybridized carbons (Fsp3) is 0.500. The smallest absolute Gasteiger partial charge is 0.387 e. The largest absolute Gasteiger partial charge is 0.433 e. The van der Waals surface area contributed by atoms with Crippen LogP contribution in [0.2, 0.25) is 10.0 Å². The first-order valence-corrected chi connectivity index (χ1v) is 7.67. The molecule has 0 bridgehead atoms. The SMILES string of the molecule is CCNC(=NCc1cc(Cl)cc(Cl)c1OC(F)F)NCCOC. The third kappa shape index (κ3) is 7.20. The fourth-order valence-electron chi connectivity index (χ4n) is 1.73. The number of methoxy groups -OCH3 is 1. The Morgan fingerprint density at radius 2 is 2.04 bits per heavy atom. The number of ether oxygens (including phenoxy) is 2. The molecule has 0 amide bonds. The summed E-state index contributed by atoms with van der Waals surface area (Å²) in [6, 6.07) is 2.84. The molecule has 1 aromatic carbocycles. The molecule has 0 aliphatic heterocycles. The Kier molecular flexibility index (Phi) is 8.98. The summed E-state index contributed by atoms with van der Waals surface area (Å²) < 4.78 is 34.4. The van der Waals surface area contributed by atoms with Crippen LogP contribution in [0.25, 0.3) is 0 Å². The highest BCUT2D eigenvalue weighted by molar-refractivity contribution is 6.35. The topological polar surface area (TPSA) is 54.9 Å². The van der Waals surface area contributed by atoms with Crippen LogP contribution < -0.4 is 15.4 Å². The summed E-state index contributed by atoms with van der Waals surface area (Å²) in [7, 11) is 1.59. The predicted molar refractivity (Wildman–Crippen MR) is 87.8 cm³/mol. The summed E-state index contributed by atoms with van der Waals surface area (Å²) in [5.41, 5.74) is 0.367. The zero-order chi connectivity index (χ0) is 17.2. The molecular formula is C14H19Cl2F2N3O2. The van der Waals surface area contributed by atoms with E-state index in [1.165, 1.54) is 12.1 Å². The van der Waals surface area contributed by atoms with Crippen molar-refractivity contribution in [3.05, 3.63) is 27.7 Å². The minimum Gasteiger partial charge on any atom is -0.433 e. The second-order valence-electron chi connectivity index (χ2n) is 4.37. The van der Waals surface area contributed by atoms with Gasteiger partial charge in [-0.15, -0.1) is 0 Å². The zero-order valence-electron chi connectivity index (χ0n) is 12.8. The molecule has 0 saturated heterocycles. The molecule has 2 N–H and O–H groups in total. The van der Waals surface area contributed by atoms with E-state index in [2.05, 4.69) is 20.4 Å². The molecule has 0 spiro atoms. The third-order valence-corrected chi connectivity index (χ3v) is 3.14. The maximum absolute atomic E-state index is 12.5. The van der Waals surface area contributed by atoms with E-state index in [-0.39, 0.29) is 17.3 Å². The molecule has 0 heterocycles. The van der Waals surface area contributed by atoms with Gasteiger partial charge in [0.05, 0.1) is 18.2 Å². The average Bonchev–Trinajstić information content (AvgIpc) is 2.47. The zero-order valence-corrected chi connectivity index (χ0v) is 14.3. The van der Waals surface area contributed by atoms with Crippen LogP contribution in [0.5, 0.6) is 5.75 Å². The van der Waals surface area contributed by atoms with Crippen molar-refractivity contribution in [2.45, 2.75) is 20.1 Å². The number of hydrogen-bond acceptors (Lipinski definition) is 3. The molecule has 0 radical (unpaired) electrons. The van der Waals surface area contributed by atoms with Crippen molar-refractivity contribution in [2.24, 2.45) is 4.99 Å². The molecular weight excluding hydrogens is 351 g/mol. The number of rotatable bonds is 8. The molecule has 0 aliphatic carbocycles. The summed E-state index contributed by atoms with van der Waals surface area (Å²) in [5.74, 6) is 0.395. The molecule has 9 heteroatoms. The van der Waals surface area contributed by atoms with Gasteiger partial charge in [0.2, 0.25) is 0 Å². The maximum atomic E-state index is 12.5. The van der Waals surface area contributed by atoms with Gasteiger partial charge in [-0.05, 0) is 19.1 Å². The summed E-state index contributed by atoms with van der Waals surface area (Å²) in [5, 5.41) is 6.40. The van der Waals surface area contributed by atoms with Crippen LogP contribution in [-0.4, -0.2) is 39.4 Å². The Morgan fingerprint density at radius 1 is 1.30 bits per heavy atom. The van der Waals surface area contributed by atoms with E-state index in [0.717, 1.165) is 0 Å². The Hall–Kier alpha value is -1.31. The highest BCUT2D eigenvalue weighted by atomic mass is 35.5. The maximum Gasteiger partial charge on any atom is 0.387 e. The molecule has 0 aromatic heterocycles. The minimum atomic E-state index is -2.98. The molecule has 0 atom stereocenters. The first-order chi connectivity index (χ1) is 11.0. The van der Waals surface area contributed by atoms with Crippen molar-refractivity contribution in [1.29, 1.82) is 0 Å². The molecule has 130 valence electrons. The van der Waals surface area contributed by atoms with Crippen molar-refractivity contribution in [1.82, 2.24) is 10.6 Å². The van der Waals surface area contributed by atoms with Crippen LogP contribution in [0.3, 0.4) is 0 Å². The molecule has 23 heavy (non-hydrogen) atoms. The van der Waals surface area contributed by atoms with E-state index < -0.39 is 6.61 Å². The van der Waals surface area contributed by atoms with Crippen molar-refractivity contribution in [2.75, 3.05) is 26.8 Å². The van der Waals surface area contributed by atoms with E-state index in [1.54, 1.807) is 7.11 Å². The number of benzene rings is 1. The molecule has 1 aromatic rings. The second kappa shape index (κ2) is 10.5. The molecule has 0 saturated carbocycles. The summed E-state index contributed by atoms with van der Waals surface area (Å²) >= 11 is 11.8. The van der Waals surface area contributed by atoms with Gasteiger partial charge in [0, 0.05) is 30.8 Å². The summed E-state index contributed by atoms with van der Waals surface area (Å²) in [6.45, 7) is 0.714. The number of nitrogens with zero attached hydrogens (tertiary/aromatic N) is 1. The van der Waals surface area contributed by atoms with E-state index in [4.69, 9.17) is 27.9 Å². The highest BCUT2D eigenvalue weighted by Gasteiger charge is 2.15. The van der Waals surface area contributed by atoms with Gasteiger partial charge >= 0.3 is 6.61 Å². The summed E-state index contributed by atoms with van der Waals surface area (Å²) in [4.78, 5) is 4.30. The Balaban J connectivity index is 2.93. The number of halogens is 4. The van der Waals surface area contributed by atoms with Crippen molar-refractivity contribution < 1.29 is 18.3 Å². The van der Waals surface area contributed by atoms with Gasteiger partial charge in [0.15, 0.2) is 5.96 Å². The van der Waals surface area contributed by atoms with Gasteiger partial charge in [-0.1, -0.05) is 23.2 Å². The van der Waals surface area contributed by atoms with E-state index in [1.807, 2.05) is 6.92 Å². The van der Waals surface area contributed by atoms with Crippen molar-refractivity contribution >= 4 is 29.2 Å². The average molecular weight is 370 g/mol. The van der Waals surface area contributed by atoms with Gasteiger partial charge in [-0.2, -0.15) is 8.78 Å². The second-order valence-corrected chi connectivity index (χ2v) is 5.21. The van der Waals surface area contributed by atoms with Gasteiger partial charge in [0.25, 0.3) is 0 Å². The number of guanidine groups is 1. The Morgan fingerprint density at radius 3 is 2.65 bits per heavy atom. The first kappa shape index (κ1) is 19.7. The number of alkyl halides is 2. The highest BCUT2D eigenvalue weighted by Crippen LogP contribution is 2.34. The van der Waals surface area contributed by atoms with Crippen LogP contribution in [-0.2, 0) is 11.3 Å². The van der Waals surface area contributed by atoms with Gasteiger partial charge < -0.3 is 20.1 Å². The standard InChI is InChI=1S/C14H19Cl2F2N3O2/c1-3-19-14(20-4-5-22-2)21-8-9-6-10(15)7-11(16)12(9)23-13(17)18/h6-7,13H,3-5,8H2,1-2H3,(H2,19,20,21). The van der Waals surface area contributed by atoms with Crippen molar-refractivity contribution in [3.8, 4) is 5.75 Å². The Labute approximate surface area is 144 Å². The lowest BCUT2D eigenvalue weighted by Gasteiger charge is -2.14. The first-order valence-electron chi connectivity index (χ1n) is 6.91. The fourth-order valence-corrected chi connectivity index (χ4v) is 2.31.